The maximum atomic E-state index is 12.0. The Labute approximate surface area is 189 Å². The van der Waals surface area contributed by atoms with Crippen LogP contribution in [0.3, 0.4) is 0 Å². The molecule has 32 heavy (non-hydrogen) atoms. The molecule has 1 aliphatic heterocycles. The fourth-order valence-electron chi connectivity index (χ4n) is 4.07. The Morgan fingerprint density at radius 2 is 1.56 bits per heavy atom. The molecule has 2 N–H and O–H groups in total. The largest absolute Gasteiger partial charge is 0.528 e. The topological polar surface area (TPSA) is 88.5 Å². The number of benzene rings is 2. The summed E-state index contributed by atoms with van der Waals surface area (Å²) in [5.41, 5.74) is 1.44. The Morgan fingerprint density at radius 1 is 0.969 bits per heavy atom. The van der Waals surface area contributed by atoms with Crippen LogP contribution < -0.4 is 4.74 Å². The molecule has 1 saturated heterocycles. The van der Waals surface area contributed by atoms with Crippen LogP contribution in [0.5, 0.6) is 5.75 Å². The average molecular weight is 444 g/mol. The molecule has 0 radical (unpaired) electrons. The van der Waals surface area contributed by atoms with Crippen LogP contribution in [0.4, 0.5) is 4.79 Å². The summed E-state index contributed by atoms with van der Waals surface area (Å²) in [7, 11) is 0. The minimum Gasteiger partial charge on any atom is -0.489 e. The zero-order valence-electron chi connectivity index (χ0n) is 18.9. The molecule has 0 aromatic heterocycles. The molecule has 1 fully saturated rings. The van der Waals surface area contributed by atoms with Gasteiger partial charge in [-0.05, 0) is 49.9 Å². The van der Waals surface area contributed by atoms with Crippen LogP contribution in [0.15, 0.2) is 54.6 Å². The molecule has 0 amide bonds. The number of nitrogens with zero attached hydrogens (tertiary/aromatic N) is 1. The first kappa shape index (κ1) is 24.0. The van der Waals surface area contributed by atoms with Gasteiger partial charge < -0.3 is 24.5 Å². The predicted octanol–water partition coefficient (Wildman–Crippen LogP) is 3.75. The van der Waals surface area contributed by atoms with E-state index in [1.165, 1.54) is 5.06 Å². The van der Waals surface area contributed by atoms with Gasteiger partial charge in [-0.1, -0.05) is 42.5 Å². The van der Waals surface area contributed by atoms with Gasteiger partial charge >= 0.3 is 6.16 Å². The highest BCUT2D eigenvalue weighted by Crippen LogP contribution is 2.38. The van der Waals surface area contributed by atoms with Crippen molar-refractivity contribution in [3.8, 4) is 5.75 Å². The number of hydrogen-bond donors (Lipinski definition) is 2. The van der Waals surface area contributed by atoms with Gasteiger partial charge in [0.2, 0.25) is 0 Å². The minimum absolute atomic E-state index is 0.0772. The number of piperidine rings is 1. The molecule has 3 rings (SSSR count). The summed E-state index contributed by atoms with van der Waals surface area (Å²) in [5, 5.41) is 21.5. The van der Waals surface area contributed by atoms with Crippen molar-refractivity contribution in [1.82, 2.24) is 5.06 Å². The summed E-state index contributed by atoms with van der Waals surface area (Å²) in [6, 6.07) is 17.7. The average Bonchev–Trinajstić information content (AvgIpc) is 2.77. The highest BCUT2D eigenvalue weighted by Gasteiger charge is 2.39. The molecule has 174 valence electrons. The van der Waals surface area contributed by atoms with E-state index in [1.807, 2.05) is 54.6 Å². The number of rotatable bonds is 7. The molecule has 2 aromatic rings. The molecular weight excluding hydrogens is 410 g/mol. The standard InChI is InChI=1S/C25H33NO6/c1-25(2,3)31-24(29)32-26-13-20(15-27)23(21(14-26)16-28)19-9-11-22(12-10-19)30-17-18-7-5-4-6-8-18/h4-12,20-21,23,27-28H,13-17H2,1-3H3/t20-,21+,23+. The van der Waals surface area contributed by atoms with Crippen LogP contribution in [0.25, 0.3) is 0 Å². The van der Waals surface area contributed by atoms with E-state index in [9.17, 15) is 15.0 Å². The normalized spacial score (nSPS) is 21.7. The summed E-state index contributed by atoms with van der Waals surface area (Å²) in [6.07, 6.45) is -0.788. The molecule has 1 heterocycles. The number of carbonyl (C=O) groups excluding carboxylic acids is 1. The van der Waals surface area contributed by atoms with E-state index >= 15 is 0 Å². The summed E-state index contributed by atoms with van der Waals surface area (Å²) in [6.45, 7) is 6.29. The Kier molecular flexibility index (Phi) is 8.12. The van der Waals surface area contributed by atoms with Gasteiger partial charge in [0.15, 0.2) is 0 Å². The van der Waals surface area contributed by atoms with E-state index in [0.717, 1.165) is 16.9 Å². The van der Waals surface area contributed by atoms with Gasteiger partial charge in [0.1, 0.15) is 18.0 Å². The Hall–Kier alpha value is -2.61. The summed E-state index contributed by atoms with van der Waals surface area (Å²) in [4.78, 5) is 17.4. The Balaban J connectivity index is 1.65. The number of aliphatic hydroxyl groups excluding tert-OH is 2. The van der Waals surface area contributed by atoms with E-state index < -0.39 is 11.8 Å². The zero-order chi connectivity index (χ0) is 23.1. The lowest BCUT2D eigenvalue weighted by Gasteiger charge is -2.41. The molecule has 0 saturated carbocycles. The van der Waals surface area contributed by atoms with Gasteiger partial charge in [-0.25, -0.2) is 4.79 Å². The molecule has 0 aliphatic carbocycles. The first-order valence-electron chi connectivity index (χ1n) is 10.9. The number of hydrogen-bond acceptors (Lipinski definition) is 7. The van der Waals surface area contributed by atoms with Crippen molar-refractivity contribution >= 4 is 6.16 Å². The van der Waals surface area contributed by atoms with Crippen LogP contribution in [0.2, 0.25) is 0 Å². The van der Waals surface area contributed by atoms with Gasteiger partial charge in [0, 0.05) is 38.1 Å². The molecule has 7 nitrogen and oxygen atoms in total. The highest BCUT2D eigenvalue weighted by atomic mass is 16.8. The van der Waals surface area contributed by atoms with Crippen LogP contribution in [-0.4, -0.2) is 53.3 Å². The van der Waals surface area contributed by atoms with Gasteiger partial charge in [0.25, 0.3) is 0 Å². The second kappa shape index (κ2) is 10.8. The van der Waals surface area contributed by atoms with Gasteiger partial charge in [-0.3, -0.25) is 0 Å². The van der Waals surface area contributed by atoms with Crippen LogP contribution >= 0.6 is 0 Å². The number of hydroxylamine groups is 2. The van der Waals surface area contributed by atoms with Crippen molar-refractivity contribution in [2.75, 3.05) is 26.3 Å². The smallest absolute Gasteiger partial charge is 0.489 e. The summed E-state index contributed by atoms with van der Waals surface area (Å²) < 4.78 is 11.1. The number of carbonyl (C=O) groups is 1. The lowest BCUT2D eigenvalue weighted by atomic mass is 9.74. The van der Waals surface area contributed by atoms with Crippen molar-refractivity contribution < 1.29 is 29.3 Å². The SMILES string of the molecule is CC(C)(C)OC(=O)ON1C[C@@H](CO)[C@@H](c2ccc(OCc3ccccc3)cc2)[C@@H](CO)C1. The molecule has 1 aliphatic rings. The second-order valence-electron chi connectivity index (χ2n) is 9.16. The molecule has 7 heteroatoms. The molecule has 0 spiro atoms. The summed E-state index contributed by atoms with van der Waals surface area (Å²) >= 11 is 0. The molecule has 2 aromatic carbocycles. The maximum absolute atomic E-state index is 12.0. The number of ether oxygens (including phenoxy) is 2. The highest BCUT2D eigenvalue weighted by molar-refractivity contribution is 5.60. The monoisotopic (exact) mass is 443 g/mol. The van der Waals surface area contributed by atoms with E-state index in [-0.39, 0.29) is 31.0 Å². The number of aliphatic hydroxyl groups is 2. The first-order chi connectivity index (χ1) is 15.3. The van der Waals surface area contributed by atoms with Crippen molar-refractivity contribution in [2.24, 2.45) is 11.8 Å². The Bertz CT molecular complexity index is 835. The molecule has 0 bridgehead atoms. The summed E-state index contributed by atoms with van der Waals surface area (Å²) in [5.74, 6) is 0.259. The van der Waals surface area contributed by atoms with E-state index in [4.69, 9.17) is 14.3 Å². The third-order valence-corrected chi connectivity index (χ3v) is 5.47. The van der Waals surface area contributed by atoms with E-state index in [2.05, 4.69) is 0 Å². The quantitative estimate of drug-likeness (QED) is 0.630. The van der Waals surface area contributed by atoms with Crippen molar-refractivity contribution in [3.05, 3.63) is 65.7 Å². The van der Waals surface area contributed by atoms with Crippen LogP contribution in [0, 0.1) is 11.8 Å². The van der Waals surface area contributed by atoms with Crippen molar-refractivity contribution in [2.45, 2.75) is 38.9 Å². The van der Waals surface area contributed by atoms with Crippen molar-refractivity contribution in [1.29, 1.82) is 0 Å². The fraction of sp³-hybridized carbons (Fsp3) is 0.480. The first-order valence-corrected chi connectivity index (χ1v) is 10.9. The van der Waals surface area contributed by atoms with Crippen LogP contribution in [-0.2, 0) is 16.2 Å². The molecule has 3 atom stereocenters. The van der Waals surface area contributed by atoms with Gasteiger partial charge in [-0.2, -0.15) is 0 Å². The third-order valence-electron chi connectivity index (χ3n) is 5.47. The zero-order valence-corrected chi connectivity index (χ0v) is 18.9. The maximum Gasteiger partial charge on any atom is 0.528 e. The predicted molar refractivity (Wildman–Crippen MR) is 120 cm³/mol. The van der Waals surface area contributed by atoms with Gasteiger partial charge in [-0.15, -0.1) is 5.06 Å². The fourth-order valence-corrected chi connectivity index (χ4v) is 4.07. The van der Waals surface area contributed by atoms with E-state index in [0.29, 0.717) is 19.7 Å². The van der Waals surface area contributed by atoms with Crippen molar-refractivity contribution in [3.63, 3.8) is 0 Å². The molecule has 0 unspecified atom stereocenters. The van der Waals surface area contributed by atoms with Crippen LogP contribution in [0.1, 0.15) is 37.8 Å². The lowest BCUT2D eigenvalue weighted by molar-refractivity contribution is -0.178. The van der Waals surface area contributed by atoms with Gasteiger partial charge in [0.05, 0.1) is 0 Å². The van der Waals surface area contributed by atoms with E-state index in [1.54, 1.807) is 20.8 Å². The minimum atomic E-state index is -0.788. The third kappa shape index (κ3) is 6.69. The Morgan fingerprint density at radius 3 is 2.09 bits per heavy atom. The second-order valence-corrected chi connectivity index (χ2v) is 9.16. The molecular formula is C25H33NO6. The lowest BCUT2D eigenvalue weighted by Crippen LogP contribution is -2.48.